The molecule has 2 atom stereocenters. The fourth-order valence-electron chi connectivity index (χ4n) is 6.92. The predicted octanol–water partition coefficient (Wildman–Crippen LogP) is 3.80. The third-order valence-electron chi connectivity index (χ3n) is 9.02. The van der Waals surface area contributed by atoms with Gasteiger partial charge in [-0.05, 0) is 30.4 Å². The molecule has 6 rings (SSSR count). The summed E-state index contributed by atoms with van der Waals surface area (Å²) in [6.45, 7) is 4.86. The highest BCUT2D eigenvalue weighted by atomic mass is 16.7. The van der Waals surface area contributed by atoms with Gasteiger partial charge in [-0.25, -0.2) is 0 Å². The Morgan fingerprint density at radius 1 is 0.897 bits per heavy atom. The summed E-state index contributed by atoms with van der Waals surface area (Å²) in [5, 5.41) is 0. The molecular weight excluding hydrogens is 494 g/mol. The molecule has 0 aromatic heterocycles. The van der Waals surface area contributed by atoms with Gasteiger partial charge in [0.05, 0.1) is 32.1 Å². The van der Waals surface area contributed by atoms with E-state index < -0.39 is 5.79 Å². The molecule has 0 N–H and O–H groups in total. The number of nitrogens with zero attached hydrogens (tertiary/aromatic N) is 3. The lowest BCUT2D eigenvalue weighted by molar-refractivity contribution is -0.199. The molecule has 0 bridgehead atoms. The van der Waals surface area contributed by atoms with Crippen LogP contribution in [0.25, 0.3) is 0 Å². The molecule has 2 aromatic carbocycles. The number of carbonyl (C=O) groups excluding carboxylic acids is 2. The van der Waals surface area contributed by atoms with Gasteiger partial charge < -0.3 is 19.1 Å². The first-order valence-electron chi connectivity index (χ1n) is 14.3. The SMILES string of the molecule is COc1ccccc1N1CCN(C[C@H]2CO[C@@](CN3C(=O)CC4(CCCC4)CC3=O)(c3ccccc3)O2)CC1. The van der Waals surface area contributed by atoms with Crippen molar-refractivity contribution in [1.82, 2.24) is 9.80 Å². The quantitative estimate of drug-likeness (QED) is 0.502. The summed E-state index contributed by atoms with van der Waals surface area (Å²) in [5.74, 6) is -0.429. The number of piperidine rings is 1. The van der Waals surface area contributed by atoms with Crippen LogP contribution in [0.3, 0.4) is 0 Å². The van der Waals surface area contributed by atoms with Crippen molar-refractivity contribution >= 4 is 17.5 Å². The molecule has 8 heteroatoms. The number of amides is 2. The van der Waals surface area contributed by atoms with Gasteiger partial charge in [0.2, 0.25) is 17.6 Å². The summed E-state index contributed by atoms with van der Waals surface area (Å²) in [4.78, 5) is 32.8. The van der Waals surface area contributed by atoms with Gasteiger partial charge in [0, 0.05) is 51.1 Å². The number of rotatable bonds is 7. The number of hydrogen-bond donors (Lipinski definition) is 0. The van der Waals surface area contributed by atoms with Gasteiger partial charge in [-0.15, -0.1) is 0 Å². The van der Waals surface area contributed by atoms with E-state index in [1.165, 1.54) is 4.90 Å². The molecule has 4 fully saturated rings. The highest BCUT2D eigenvalue weighted by Gasteiger charge is 2.51. The maximum absolute atomic E-state index is 13.3. The Kier molecular flexibility index (Phi) is 7.35. The van der Waals surface area contributed by atoms with Crippen LogP contribution in [0.1, 0.15) is 44.1 Å². The standard InChI is InChI=1S/C31H39N3O5/c1-37-27-12-6-5-11-26(27)33-17-15-32(16-18-33)21-25-22-38-31(39-25,24-9-3-2-4-10-24)23-34-28(35)19-30(20-29(34)36)13-7-8-14-30/h2-6,9-12,25H,7-8,13-23H2,1H3/t25-,31+/m0/s1. The molecule has 3 heterocycles. The van der Waals surface area contributed by atoms with Gasteiger partial charge in [-0.1, -0.05) is 55.3 Å². The molecule has 0 unspecified atom stereocenters. The van der Waals surface area contributed by atoms with Crippen molar-refractivity contribution in [2.45, 2.75) is 50.4 Å². The molecule has 3 saturated heterocycles. The zero-order valence-electron chi connectivity index (χ0n) is 22.8. The van der Waals surface area contributed by atoms with Gasteiger partial charge in [0.15, 0.2) is 0 Å². The minimum atomic E-state index is -1.14. The van der Waals surface area contributed by atoms with Crippen LogP contribution in [0.15, 0.2) is 54.6 Å². The number of methoxy groups -OCH3 is 1. The largest absolute Gasteiger partial charge is 0.495 e. The van der Waals surface area contributed by atoms with Crippen LogP contribution in [-0.2, 0) is 24.8 Å². The Bertz CT molecular complexity index is 1160. The van der Waals surface area contributed by atoms with E-state index in [0.717, 1.165) is 75.4 Å². The number of para-hydroxylation sites is 2. The first-order valence-corrected chi connectivity index (χ1v) is 14.3. The van der Waals surface area contributed by atoms with Gasteiger partial charge in [0.25, 0.3) is 0 Å². The fraction of sp³-hybridized carbons (Fsp3) is 0.548. The zero-order valence-corrected chi connectivity index (χ0v) is 22.8. The number of likely N-dealkylation sites (tertiary alicyclic amines) is 1. The van der Waals surface area contributed by atoms with Crippen LogP contribution < -0.4 is 9.64 Å². The Morgan fingerprint density at radius 2 is 1.56 bits per heavy atom. The second kappa shape index (κ2) is 10.9. The van der Waals surface area contributed by atoms with Crippen LogP contribution in [0.5, 0.6) is 5.75 Å². The number of benzene rings is 2. The Balaban J connectivity index is 1.12. The van der Waals surface area contributed by atoms with E-state index in [9.17, 15) is 9.59 Å². The number of piperazine rings is 1. The lowest BCUT2D eigenvalue weighted by Gasteiger charge is -2.41. The number of imide groups is 1. The second-order valence-electron chi connectivity index (χ2n) is 11.6. The molecule has 0 radical (unpaired) electrons. The van der Waals surface area contributed by atoms with E-state index in [-0.39, 0.29) is 29.9 Å². The highest BCUT2D eigenvalue weighted by molar-refractivity contribution is 5.98. The minimum Gasteiger partial charge on any atom is -0.495 e. The Morgan fingerprint density at radius 3 is 2.26 bits per heavy atom. The topological polar surface area (TPSA) is 71.5 Å². The lowest BCUT2D eigenvalue weighted by atomic mass is 9.76. The molecule has 1 aliphatic carbocycles. The Hall–Kier alpha value is -2.94. The number of ether oxygens (including phenoxy) is 3. The van der Waals surface area contributed by atoms with Crippen molar-refractivity contribution in [2.24, 2.45) is 5.41 Å². The van der Waals surface area contributed by atoms with Crippen LogP contribution in [-0.4, -0.2) is 80.7 Å². The van der Waals surface area contributed by atoms with Crippen molar-refractivity contribution in [3.05, 3.63) is 60.2 Å². The van der Waals surface area contributed by atoms with Crippen molar-refractivity contribution in [1.29, 1.82) is 0 Å². The van der Waals surface area contributed by atoms with E-state index in [4.69, 9.17) is 14.2 Å². The van der Waals surface area contributed by atoms with E-state index >= 15 is 0 Å². The molecule has 8 nitrogen and oxygen atoms in total. The first-order chi connectivity index (χ1) is 19.0. The van der Waals surface area contributed by atoms with Crippen molar-refractivity contribution < 1.29 is 23.8 Å². The molecule has 2 amide bonds. The summed E-state index contributed by atoms with van der Waals surface area (Å²) in [5.41, 5.74) is 1.84. The number of anilines is 1. The maximum Gasteiger partial charge on any atom is 0.229 e. The van der Waals surface area contributed by atoms with Gasteiger partial charge in [-0.2, -0.15) is 0 Å². The van der Waals surface area contributed by atoms with Gasteiger partial charge >= 0.3 is 0 Å². The summed E-state index contributed by atoms with van der Waals surface area (Å²) in [7, 11) is 1.71. The van der Waals surface area contributed by atoms with Crippen LogP contribution in [0, 0.1) is 5.41 Å². The normalized spacial score (nSPS) is 27.5. The molecule has 2 aromatic rings. The summed E-state index contributed by atoms with van der Waals surface area (Å²) in [6.07, 6.45) is 4.90. The van der Waals surface area contributed by atoms with Crippen LogP contribution in [0.4, 0.5) is 5.69 Å². The molecule has 4 aliphatic rings. The molecule has 1 spiro atoms. The van der Waals surface area contributed by atoms with Gasteiger partial charge in [0.1, 0.15) is 5.75 Å². The van der Waals surface area contributed by atoms with E-state index in [1.807, 2.05) is 48.5 Å². The van der Waals surface area contributed by atoms with E-state index in [0.29, 0.717) is 19.4 Å². The van der Waals surface area contributed by atoms with Crippen LogP contribution in [0.2, 0.25) is 0 Å². The fourth-order valence-corrected chi connectivity index (χ4v) is 6.92. The third-order valence-corrected chi connectivity index (χ3v) is 9.02. The second-order valence-corrected chi connectivity index (χ2v) is 11.6. The predicted molar refractivity (Wildman–Crippen MR) is 147 cm³/mol. The molecule has 1 saturated carbocycles. The number of carbonyl (C=O) groups is 2. The molecular formula is C31H39N3O5. The maximum atomic E-state index is 13.3. The average Bonchev–Trinajstić information content (AvgIpc) is 3.59. The molecule has 208 valence electrons. The van der Waals surface area contributed by atoms with E-state index in [1.54, 1.807) is 7.11 Å². The van der Waals surface area contributed by atoms with Crippen molar-refractivity contribution in [3.8, 4) is 5.75 Å². The monoisotopic (exact) mass is 533 g/mol. The highest BCUT2D eigenvalue weighted by Crippen LogP contribution is 2.48. The average molecular weight is 534 g/mol. The molecule has 3 aliphatic heterocycles. The van der Waals surface area contributed by atoms with Crippen molar-refractivity contribution in [3.63, 3.8) is 0 Å². The van der Waals surface area contributed by atoms with Crippen LogP contribution >= 0.6 is 0 Å². The number of hydrogen-bond acceptors (Lipinski definition) is 7. The van der Waals surface area contributed by atoms with E-state index in [2.05, 4.69) is 15.9 Å². The molecule has 39 heavy (non-hydrogen) atoms. The summed E-state index contributed by atoms with van der Waals surface area (Å²) >= 11 is 0. The van der Waals surface area contributed by atoms with Crippen molar-refractivity contribution in [2.75, 3.05) is 57.9 Å². The minimum absolute atomic E-state index is 0.0911. The third kappa shape index (κ3) is 5.30. The summed E-state index contributed by atoms with van der Waals surface area (Å²) < 4.78 is 18.6. The first kappa shape index (κ1) is 26.3. The van der Waals surface area contributed by atoms with Gasteiger partial charge in [-0.3, -0.25) is 19.4 Å². The summed E-state index contributed by atoms with van der Waals surface area (Å²) in [6, 6.07) is 17.9. The zero-order chi connectivity index (χ0) is 26.9. The Labute approximate surface area is 230 Å². The smallest absolute Gasteiger partial charge is 0.229 e. The lowest BCUT2D eigenvalue weighted by Crippen LogP contribution is -2.53.